The fourth-order valence-electron chi connectivity index (χ4n) is 4.48. The molecular formula is C26H27Cl2NO3. The third-order valence-corrected chi connectivity index (χ3v) is 6.88. The molecule has 32 heavy (non-hydrogen) atoms. The SMILES string of the molecule is COc1cc2occ(-c3ccc(Cl)cc3Cl)c2cc1/C(C)=C/C(=O)NC1CCCCC1C. The lowest BCUT2D eigenvalue weighted by Gasteiger charge is -2.29. The van der Waals surface area contributed by atoms with Crippen molar-refractivity contribution in [2.45, 2.75) is 45.6 Å². The predicted octanol–water partition coefficient (Wildman–Crippen LogP) is 7.51. The summed E-state index contributed by atoms with van der Waals surface area (Å²) >= 11 is 12.5. The summed E-state index contributed by atoms with van der Waals surface area (Å²) in [7, 11) is 1.61. The third-order valence-electron chi connectivity index (χ3n) is 6.33. The summed E-state index contributed by atoms with van der Waals surface area (Å²) in [5.41, 5.74) is 4.02. The molecule has 2 unspecified atom stereocenters. The van der Waals surface area contributed by atoms with Crippen molar-refractivity contribution in [3.8, 4) is 16.9 Å². The second kappa shape index (κ2) is 9.60. The zero-order valence-corrected chi connectivity index (χ0v) is 20.0. The van der Waals surface area contributed by atoms with Crippen LogP contribution < -0.4 is 10.1 Å². The van der Waals surface area contributed by atoms with E-state index in [2.05, 4.69) is 12.2 Å². The monoisotopic (exact) mass is 471 g/mol. The molecule has 4 nitrogen and oxygen atoms in total. The van der Waals surface area contributed by atoms with Crippen molar-refractivity contribution in [3.63, 3.8) is 0 Å². The van der Waals surface area contributed by atoms with E-state index in [4.69, 9.17) is 32.4 Å². The van der Waals surface area contributed by atoms with Gasteiger partial charge in [0.25, 0.3) is 0 Å². The van der Waals surface area contributed by atoms with Crippen molar-refractivity contribution < 1.29 is 13.9 Å². The van der Waals surface area contributed by atoms with Gasteiger partial charge in [-0.1, -0.05) is 49.0 Å². The Labute approximate surface area is 198 Å². The van der Waals surface area contributed by atoms with Gasteiger partial charge in [0.1, 0.15) is 11.3 Å². The van der Waals surface area contributed by atoms with Crippen molar-refractivity contribution in [1.82, 2.24) is 5.32 Å². The molecule has 1 amide bonds. The van der Waals surface area contributed by atoms with Crippen molar-refractivity contribution in [1.29, 1.82) is 0 Å². The second-order valence-electron chi connectivity index (χ2n) is 8.53. The van der Waals surface area contributed by atoms with Crippen molar-refractivity contribution in [2.24, 2.45) is 5.92 Å². The van der Waals surface area contributed by atoms with Gasteiger partial charge in [0.15, 0.2) is 0 Å². The van der Waals surface area contributed by atoms with E-state index in [1.54, 1.807) is 31.6 Å². The van der Waals surface area contributed by atoms with Gasteiger partial charge in [0.05, 0.1) is 18.4 Å². The molecule has 0 spiro atoms. The summed E-state index contributed by atoms with van der Waals surface area (Å²) in [6, 6.07) is 9.45. The maximum Gasteiger partial charge on any atom is 0.244 e. The molecule has 4 rings (SSSR count). The van der Waals surface area contributed by atoms with Crippen LogP contribution in [0.25, 0.3) is 27.7 Å². The first-order chi connectivity index (χ1) is 15.4. The Balaban J connectivity index is 1.69. The summed E-state index contributed by atoms with van der Waals surface area (Å²) in [6.45, 7) is 4.13. The Hall–Kier alpha value is -2.43. The average Bonchev–Trinajstić information content (AvgIpc) is 3.17. The van der Waals surface area contributed by atoms with Crippen molar-refractivity contribution >= 4 is 45.7 Å². The first kappa shape index (κ1) is 22.8. The number of ether oxygens (including phenoxy) is 1. The minimum Gasteiger partial charge on any atom is -0.496 e. The van der Waals surface area contributed by atoms with Crippen LogP contribution in [-0.4, -0.2) is 19.1 Å². The van der Waals surface area contributed by atoms with E-state index in [0.29, 0.717) is 27.3 Å². The van der Waals surface area contributed by atoms with E-state index >= 15 is 0 Å². The minimum atomic E-state index is -0.0726. The zero-order chi connectivity index (χ0) is 22.8. The highest BCUT2D eigenvalue weighted by molar-refractivity contribution is 6.36. The fraction of sp³-hybridized carbons (Fsp3) is 0.346. The molecule has 1 aromatic heterocycles. The number of rotatable bonds is 5. The smallest absolute Gasteiger partial charge is 0.244 e. The molecule has 168 valence electrons. The van der Waals surface area contributed by atoms with Gasteiger partial charge in [-0.2, -0.15) is 0 Å². The van der Waals surface area contributed by atoms with E-state index in [0.717, 1.165) is 40.5 Å². The molecule has 0 bridgehead atoms. The first-order valence-corrected chi connectivity index (χ1v) is 11.7. The minimum absolute atomic E-state index is 0.0726. The van der Waals surface area contributed by atoms with Gasteiger partial charge in [-0.05, 0) is 49.5 Å². The number of hydrogen-bond acceptors (Lipinski definition) is 3. The number of hydrogen-bond donors (Lipinski definition) is 1. The summed E-state index contributed by atoms with van der Waals surface area (Å²) < 4.78 is 11.4. The number of methoxy groups -OCH3 is 1. The van der Waals surface area contributed by atoms with E-state index in [1.807, 2.05) is 25.1 Å². The molecule has 2 atom stereocenters. The lowest BCUT2D eigenvalue weighted by atomic mass is 9.86. The topological polar surface area (TPSA) is 51.5 Å². The van der Waals surface area contributed by atoms with Crippen LogP contribution in [0.15, 0.2) is 47.1 Å². The quantitative estimate of drug-likeness (QED) is 0.391. The molecule has 3 aromatic rings. The van der Waals surface area contributed by atoms with Gasteiger partial charge in [-0.25, -0.2) is 0 Å². The third kappa shape index (κ3) is 4.67. The zero-order valence-electron chi connectivity index (χ0n) is 18.5. The van der Waals surface area contributed by atoms with Crippen LogP contribution in [0.1, 0.15) is 45.1 Å². The van der Waals surface area contributed by atoms with Crippen LogP contribution in [0, 0.1) is 5.92 Å². The summed E-state index contributed by atoms with van der Waals surface area (Å²) in [6.07, 6.45) is 7.94. The number of carbonyl (C=O) groups excluding carboxylic acids is 1. The summed E-state index contributed by atoms with van der Waals surface area (Å²) in [5.74, 6) is 1.08. The number of halogens is 2. The molecule has 1 saturated carbocycles. The Morgan fingerprint density at radius 3 is 2.66 bits per heavy atom. The largest absolute Gasteiger partial charge is 0.496 e. The lowest BCUT2D eigenvalue weighted by molar-refractivity contribution is -0.117. The van der Waals surface area contributed by atoms with E-state index in [-0.39, 0.29) is 11.9 Å². The van der Waals surface area contributed by atoms with Gasteiger partial charge in [-0.3, -0.25) is 4.79 Å². The molecule has 0 aliphatic heterocycles. The molecule has 6 heteroatoms. The van der Waals surface area contributed by atoms with Crippen LogP contribution in [0.5, 0.6) is 5.75 Å². The van der Waals surface area contributed by atoms with Gasteiger partial charge in [0, 0.05) is 45.3 Å². The number of allylic oxidation sites excluding steroid dienone is 1. The highest BCUT2D eigenvalue weighted by Gasteiger charge is 2.22. The molecule has 1 fully saturated rings. The van der Waals surface area contributed by atoms with Crippen molar-refractivity contribution in [3.05, 3.63) is 58.3 Å². The van der Waals surface area contributed by atoms with Crippen LogP contribution in [0.4, 0.5) is 0 Å². The van der Waals surface area contributed by atoms with E-state index < -0.39 is 0 Å². The molecule has 0 radical (unpaired) electrons. The highest BCUT2D eigenvalue weighted by atomic mass is 35.5. The molecule has 0 saturated heterocycles. The number of fused-ring (bicyclic) bond motifs is 1. The number of nitrogens with one attached hydrogen (secondary N) is 1. The highest BCUT2D eigenvalue weighted by Crippen LogP contribution is 2.40. The van der Waals surface area contributed by atoms with Crippen LogP contribution in [-0.2, 0) is 4.79 Å². The summed E-state index contributed by atoms with van der Waals surface area (Å²) in [4.78, 5) is 12.7. The number of benzene rings is 2. The Morgan fingerprint density at radius 1 is 1.16 bits per heavy atom. The fourth-order valence-corrected chi connectivity index (χ4v) is 4.99. The van der Waals surface area contributed by atoms with Gasteiger partial charge in [0.2, 0.25) is 5.91 Å². The maximum atomic E-state index is 12.7. The van der Waals surface area contributed by atoms with Gasteiger partial charge in [-0.15, -0.1) is 0 Å². The van der Waals surface area contributed by atoms with Crippen LogP contribution in [0.2, 0.25) is 10.0 Å². The van der Waals surface area contributed by atoms with Gasteiger partial charge < -0.3 is 14.5 Å². The lowest BCUT2D eigenvalue weighted by Crippen LogP contribution is -2.40. The normalized spacial score (nSPS) is 19.2. The van der Waals surface area contributed by atoms with Crippen LogP contribution in [0.3, 0.4) is 0 Å². The molecule has 1 aliphatic rings. The maximum absolute atomic E-state index is 12.7. The average molecular weight is 472 g/mol. The molecule has 1 N–H and O–H groups in total. The van der Waals surface area contributed by atoms with Crippen molar-refractivity contribution in [2.75, 3.05) is 7.11 Å². The van der Waals surface area contributed by atoms with Crippen LogP contribution >= 0.6 is 23.2 Å². The molecule has 2 aromatic carbocycles. The second-order valence-corrected chi connectivity index (χ2v) is 9.37. The first-order valence-electron chi connectivity index (χ1n) is 10.9. The van der Waals surface area contributed by atoms with E-state index in [9.17, 15) is 4.79 Å². The Kier molecular flexibility index (Phi) is 6.82. The number of amides is 1. The predicted molar refractivity (Wildman–Crippen MR) is 131 cm³/mol. The Morgan fingerprint density at radius 2 is 1.94 bits per heavy atom. The summed E-state index contributed by atoms with van der Waals surface area (Å²) in [5, 5.41) is 5.19. The molecule has 1 heterocycles. The van der Waals surface area contributed by atoms with Gasteiger partial charge >= 0.3 is 0 Å². The number of furan rings is 1. The molecule has 1 aliphatic carbocycles. The number of carbonyl (C=O) groups is 1. The molecular weight excluding hydrogens is 445 g/mol. The van der Waals surface area contributed by atoms with E-state index in [1.165, 1.54) is 12.8 Å². The standard InChI is InChI=1S/C26H27Cl2NO3/c1-15-6-4-5-7-23(15)29-26(30)10-16(2)19-12-20-21(14-32-25(20)13-24(19)31-3)18-9-8-17(27)11-22(18)28/h8-15,23H,4-7H2,1-3H3,(H,29,30)/b16-10+. The Bertz CT molecular complexity index is 1180.